The Morgan fingerprint density at radius 2 is 2.07 bits per heavy atom. The number of thiol groups is 1. The second-order valence-electron chi connectivity index (χ2n) is 4.60. The normalized spacial score (nSPS) is 19.3. The van der Waals surface area contributed by atoms with E-state index in [1.807, 2.05) is 0 Å². The molecule has 1 fully saturated rings. The molecule has 0 N–H and O–H groups in total. The maximum absolute atomic E-state index is 5.63. The Hall–Kier alpha value is 0.310. The lowest BCUT2D eigenvalue weighted by atomic mass is 9.83. The van der Waals surface area contributed by atoms with E-state index in [0.29, 0.717) is 0 Å². The van der Waals surface area contributed by atoms with Crippen LogP contribution in [0.25, 0.3) is 0 Å². The maximum atomic E-state index is 5.63. The highest BCUT2D eigenvalue weighted by Crippen LogP contribution is 2.29. The van der Waals surface area contributed by atoms with E-state index in [9.17, 15) is 0 Å². The van der Waals surface area contributed by atoms with Gasteiger partial charge in [0.05, 0.1) is 0 Å². The molecule has 14 heavy (non-hydrogen) atoms. The van der Waals surface area contributed by atoms with E-state index in [4.69, 9.17) is 4.74 Å². The van der Waals surface area contributed by atoms with Gasteiger partial charge >= 0.3 is 0 Å². The van der Waals surface area contributed by atoms with Crippen molar-refractivity contribution >= 4 is 12.6 Å². The Bertz CT molecular complexity index is 134. The molecule has 0 heterocycles. The molecule has 1 nitrogen and oxygen atoms in total. The Kier molecular flexibility index (Phi) is 6.70. The molecule has 0 aromatic rings. The summed E-state index contributed by atoms with van der Waals surface area (Å²) in [6.07, 6.45) is 8.05. The first-order valence-corrected chi connectivity index (χ1v) is 6.64. The lowest BCUT2D eigenvalue weighted by Gasteiger charge is -2.24. The molecule has 1 aliphatic rings. The number of rotatable bonds is 8. The Morgan fingerprint density at radius 1 is 1.29 bits per heavy atom. The molecule has 0 spiro atoms. The molecule has 0 amide bonds. The molecule has 1 saturated carbocycles. The van der Waals surface area contributed by atoms with Crippen LogP contribution in [0.5, 0.6) is 0 Å². The zero-order valence-electron chi connectivity index (χ0n) is 9.37. The Morgan fingerprint density at radius 3 is 2.64 bits per heavy atom. The van der Waals surface area contributed by atoms with Gasteiger partial charge in [-0.15, -0.1) is 0 Å². The van der Waals surface area contributed by atoms with Crippen LogP contribution in [0.2, 0.25) is 0 Å². The van der Waals surface area contributed by atoms with Gasteiger partial charge in [-0.2, -0.15) is 12.6 Å². The van der Waals surface area contributed by atoms with Crippen LogP contribution in [0.1, 0.15) is 45.4 Å². The first-order chi connectivity index (χ1) is 6.83. The number of ether oxygens (including phenoxy) is 1. The molecule has 0 aromatic heterocycles. The predicted octanol–water partition coefficient (Wildman–Crippen LogP) is 3.54. The maximum Gasteiger partial charge on any atom is 0.0468 e. The Labute approximate surface area is 94.0 Å². The molecule has 1 atom stereocenters. The van der Waals surface area contributed by atoms with Crippen molar-refractivity contribution in [3.05, 3.63) is 0 Å². The van der Waals surface area contributed by atoms with Crippen LogP contribution in [-0.4, -0.2) is 19.0 Å². The molecule has 2 heteroatoms. The van der Waals surface area contributed by atoms with Crippen molar-refractivity contribution in [2.45, 2.75) is 45.4 Å². The predicted molar refractivity (Wildman–Crippen MR) is 65.0 cm³/mol. The van der Waals surface area contributed by atoms with Gasteiger partial charge in [-0.1, -0.05) is 26.2 Å². The van der Waals surface area contributed by atoms with Crippen molar-refractivity contribution in [1.82, 2.24) is 0 Å². The average Bonchev–Trinajstić information content (AvgIpc) is 2.08. The lowest BCUT2D eigenvalue weighted by Crippen LogP contribution is -2.14. The van der Waals surface area contributed by atoms with Crippen molar-refractivity contribution in [3.8, 4) is 0 Å². The van der Waals surface area contributed by atoms with Crippen molar-refractivity contribution < 1.29 is 4.74 Å². The average molecular weight is 216 g/mol. The molecule has 0 bridgehead atoms. The molecule has 1 aliphatic carbocycles. The highest BCUT2D eigenvalue weighted by Gasteiger charge is 2.16. The third-order valence-corrected chi connectivity index (χ3v) is 3.53. The van der Waals surface area contributed by atoms with E-state index in [1.54, 1.807) is 0 Å². The minimum absolute atomic E-state index is 0.774. The third kappa shape index (κ3) is 5.26. The third-order valence-electron chi connectivity index (χ3n) is 3.27. The van der Waals surface area contributed by atoms with Gasteiger partial charge in [0, 0.05) is 13.2 Å². The van der Waals surface area contributed by atoms with Crippen LogP contribution in [0.3, 0.4) is 0 Å². The van der Waals surface area contributed by atoms with E-state index < -0.39 is 0 Å². The SMILES string of the molecule is CC(CCS)CCOCCC1CCC1. The summed E-state index contributed by atoms with van der Waals surface area (Å²) in [6, 6.07) is 0. The highest BCUT2D eigenvalue weighted by molar-refractivity contribution is 7.80. The van der Waals surface area contributed by atoms with E-state index >= 15 is 0 Å². The molecule has 1 rings (SSSR count). The lowest BCUT2D eigenvalue weighted by molar-refractivity contribution is 0.0970. The topological polar surface area (TPSA) is 9.23 Å². The van der Waals surface area contributed by atoms with Gasteiger partial charge in [0.15, 0.2) is 0 Å². The summed E-state index contributed by atoms with van der Waals surface area (Å²) in [5.41, 5.74) is 0. The van der Waals surface area contributed by atoms with Gasteiger partial charge < -0.3 is 4.74 Å². The summed E-state index contributed by atoms with van der Waals surface area (Å²) >= 11 is 4.23. The van der Waals surface area contributed by atoms with Gasteiger partial charge in [-0.25, -0.2) is 0 Å². The summed E-state index contributed by atoms with van der Waals surface area (Å²) in [6.45, 7) is 4.21. The van der Waals surface area contributed by atoms with E-state index in [2.05, 4.69) is 19.6 Å². The summed E-state index contributed by atoms with van der Waals surface area (Å²) < 4.78 is 5.63. The summed E-state index contributed by atoms with van der Waals surface area (Å²) in [5, 5.41) is 0. The molecule has 0 radical (unpaired) electrons. The fraction of sp³-hybridized carbons (Fsp3) is 1.00. The largest absolute Gasteiger partial charge is 0.381 e. The van der Waals surface area contributed by atoms with E-state index in [0.717, 1.165) is 30.8 Å². The molecule has 1 unspecified atom stereocenters. The quantitative estimate of drug-likeness (QED) is 0.482. The van der Waals surface area contributed by atoms with Gasteiger partial charge in [0.25, 0.3) is 0 Å². The van der Waals surface area contributed by atoms with Crippen LogP contribution in [0.15, 0.2) is 0 Å². The summed E-state index contributed by atoms with van der Waals surface area (Å²) in [5.74, 6) is 2.77. The highest BCUT2D eigenvalue weighted by atomic mass is 32.1. The second-order valence-corrected chi connectivity index (χ2v) is 5.05. The van der Waals surface area contributed by atoms with Crippen molar-refractivity contribution in [3.63, 3.8) is 0 Å². The van der Waals surface area contributed by atoms with Crippen LogP contribution in [-0.2, 0) is 4.74 Å². The smallest absolute Gasteiger partial charge is 0.0468 e. The van der Waals surface area contributed by atoms with Crippen LogP contribution in [0, 0.1) is 11.8 Å². The van der Waals surface area contributed by atoms with Gasteiger partial charge in [-0.05, 0) is 36.9 Å². The molecule has 84 valence electrons. The molecular formula is C12H24OS. The van der Waals surface area contributed by atoms with Gasteiger partial charge in [0.1, 0.15) is 0 Å². The Balaban J connectivity index is 1.78. The van der Waals surface area contributed by atoms with Gasteiger partial charge in [0.2, 0.25) is 0 Å². The minimum Gasteiger partial charge on any atom is -0.381 e. The van der Waals surface area contributed by atoms with Crippen LogP contribution in [0.4, 0.5) is 0 Å². The van der Waals surface area contributed by atoms with Gasteiger partial charge in [-0.3, -0.25) is 0 Å². The fourth-order valence-corrected chi connectivity index (χ4v) is 2.22. The van der Waals surface area contributed by atoms with Crippen molar-refractivity contribution in [1.29, 1.82) is 0 Å². The van der Waals surface area contributed by atoms with Crippen molar-refractivity contribution in [2.75, 3.05) is 19.0 Å². The molecule has 0 saturated heterocycles. The first-order valence-electron chi connectivity index (χ1n) is 6.01. The monoisotopic (exact) mass is 216 g/mol. The van der Waals surface area contributed by atoms with E-state index in [-0.39, 0.29) is 0 Å². The zero-order valence-corrected chi connectivity index (χ0v) is 10.3. The van der Waals surface area contributed by atoms with Crippen LogP contribution < -0.4 is 0 Å². The number of hydrogen-bond acceptors (Lipinski definition) is 2. The summed E-state index contributed by atoms with van der Waals surface area (Å²) in [7, 11) is 0. The number of hydrogen-bond donors (Lipinski definition) is 1. The molecular weight excluding hydrogens is 192 g/mol. The first kappa shape index (κ1) is 12.4. The molecule has 0 aromatic carbocycles. The fourth-order valence-electron chi connectivity index (χ4n) is 1.78. The molecule has 0 aliphatic heterocycles. The van der Waals surface area contributed by atoms with E-state index in [1.165, 1.54) is 38.5 Å². The van der Waals surface area contributed by atoms with Crippen molar-refractivity contribution in [2.24, 2.45) is 11.8 Å². The zero-order chi connectivity index (χ0) is 10.2. The second kappa shape index (κ2) is 7.58. The minimum atomic E-state index is 0.774. The van der Waals surface area contributed by atoms with Crippen LogP contribution >= 0.6 is 12.6 Å². The summed E-state index contributed by atoms with van der Waals surface area (Å²) in [4.78, 5) is 0. The standard InChI is InChI=1S/C12H24OS/c1-11(7-10-14)5-8-13-9-6-12-3-2-4-12/h11-12,14H,2-10H2,1H3.